The van der Waals surface area contributed by atoms with Gasteiger partial charge in [0, 0.05) is 13.0 Å². The van der Waals surface area contributed by atoms with Crippen LogP contribution in [-0.2, 0) is 6.42 Å². The van der Waals surface area contributed by atoms with Gasteiger partial charge in [0.2, 0.25) is 5.82 Å². The first-order valence-corrected chi connectivity index (χ1v) is 6.75. The smallest absolute Gasteiger partial charge is 0.290 e. The molecule has 1 amide bonds. The van der Waals surface area contributed by atoms with E-state index in [1.165, 1.54) is 0 Å². The Morgan fingerprint density at radius 3 is 2.94 bits per heavy atom. The van der Waals surface area contributed by atoms with E-state index in [9.17, 15) is 4.79 Å². The molecule has 16 heavy (non-hydrogen) atoms. The predicted octanol–water partition coefficient (Wildman–Crippen LogP) is 1.10. The third kappa shape index (κ3) is 3.84. The van der Waals surface area contributed by atoms with Crippen molar-refractivity contribution in [1.29, 1.82) is 0 Å². The molecule has 90 valence electrons. The van der Waals surface area contributed by atoms with Gasteiger partial charge in [-0.05, 0) is 17.9 Å². The fraction of sp³-hybridized carbons (Fsp3) is 0.700. The van der Waals surface area contributed by atoms with Crippen LogP contribution in [0.4, 0.5) is 0 Å². The summed E-state index contributed by atoms with van der Waals surface area (Å²) >= 11 is 1.78. The van der Waals surface area contributed by atoms with Gasteiger partial charge in [0.1, 0.15) is 5.82 Å². The maximum atomic E-state index is 11.6. The number of carbonyl (C=O) groups is 1. The normalized spacial score (nSPS) is 12.4. The highest BCUT2D eigenvalue weighted by molar-refractivity contribution is 7.98. The SMILES string of the molecule is CCc1nc(C(=O)NCC(C)CSC)n[nH]1. The molecule has 6 heteroatoms. The van der Waals surface area contributed by atoms with Crippen LogP contribution < -0.4 is 5.32 Å². The summed E-state index contributed by atoms with van der Waals surface area (Å²) in [6, 6.07) is 0. The molecule has 2 N–H and O–H groups in total. The standard InChI is InChI=1S/C10H18N4OS/c1-4-8-12-9(14-13-8)10(15)11-5-7(2)6-16-3/h7H,4-6H2,1-3H3,(H,11,15)(H,12,13,14). The van der Waals surface area contributed by atoms with Crippen LogP contribution in [0.1, 0.15) is 30.3 Å². The molecule has 1 unspecified atom stereocenters. The Labute approximate surface area is 99.8 Å². The van der Waals surface area contributed by atoms with Gasteiger partial charge in [-0.25, -0.2) is 4.98 Å². The van der Waals surface area contributed by atoms with Gasteiger partial charge in [0.05, 0.1) is 0 Å². The molecule has 1 aromatic heterocycles. The summed E-state index contributed by atoms with van der Waals surface area (Å²) in [5, 5.41) is 9.40. The molecule has 0 aliphatic heterocycles. The number of aromatic amines is 1. The van der Waals surface area contributed by atoms with E-state index in [0.717, 1.165) is 18.0 Å². The summed E-state index contributed by atoms with van der Waals surface area (Å²) in [7, 11) is 0. The number of rotatable bonds is 6. The van der Waals surface area contributed by atoms with Crippen LogP contribution in [0.3, 0.4) is 0 Å². The van der Waals surface area contributed by atoms with E-state index in [2.05, 4.69) is 33.7 Å². The lowest BCUT2D eigenvalue weighted by Crippen LogP contribution is -2.29. The molecule has 1 aromatic rings. The number of hydrogen-bond donors (Lipinski definition) is 2. The van der Waals surface area contributed by atoms with E-state index >= 15 is 0 Å². The Hall–Kier alpha value is -1.04. The largest absolute Gasteiger partial charge is 0.349 e. The number of nitrogens with one attached hydrogen (secondary N) is 2. The van der Waals surface area contributed by atoms with Crippen molar-refractivity contribution in [1.82, 2.24) is 20.5 Å². The van der Waals surface area contributed by atoms with Crippen molar-refractivity contribution in [3.8, 4) is 0 Å². The zero-order valence-electron chi connectivity index (χ0n) is 9.91. The van der Waals surface area contributed by atoms with Crippen molar-refractivity contribution in [3.05, 3.63) is 11.6 Å². The second-order valence-corrected chi connectivity index (χ2v) is 4.64. The van der Waals surface area contributed by atoms with Gasteiger partial charge in [-0.2, -0.15) is 11.8 Å². The number of nitrogens with zero attached hydrogens (tertiary/aromatic N) is 2. The second kappa shape index (κ2) is 6.52. The Kier molecular flexibility index (Phi) is 5.31. The van der Waals surface area contributed by atoms with Gasteiger partial charge >= 0.3 is 0 Å². The number of carbonyl (C=O) groups excluding carboxylic acids is 1. The van der Waals surface area contributed by atoms with Crippen LogP contribution in [0.2, 0.25) is 0 Å². The summed E-state index contributed by atoms with van der Waals surface area (Å²) in [5.41, 5.74) is 0. The average Bonchev–Trinajstić information content (AvgIpc) is 2.75. The zero-order chi connectivity index (χ0) is 12.0. The molecule has 0 fully saturated rings. The van der Waals surface area contributed by atoms with Crippen LogP contribution in [-0.4, -0.2) is 39.6 Å². The molecule has 1 heterocycles. The van der Waals surface area contributed by atoms with E-state index in [1.54, 1.807) is 11.8 Å². The van der Waals surface area contributed by atoms with Crippen molar-refractivity contribution < 1.29 is 4.79 Å². The van der Waals surface area contributed by atoms with Gasteiger partial charge in [-0.15, -0.1) is 5.10 Å². The molecule has 0 spiro atoms. The minimum atomic E-state index is -0.205. The van der Waals surface area contributed by atoms with E-state index in [0.29, 0.717) is 12.5 Å². The quantitative estimate of drug-likeness (QED) is 0.783. The maximum absolute atomic E-state index is 11.6. The second-order valence-electron chi connectivity index (χ2n) is 3.73. The number of amides is 1. The fourth-order valence-corrected chi connectivity index (χ4v) is 1.93. The first-order chi connectivity index (χ1) is 7.67. The van der Waals surface area contributed by atoms with E-state index in [4.69, 9.17) is 0 Å². The third-order valence-corrected chi connectivity index (χ3v) is 3.03. The first kappa shape index (κ1) is 13.0. The lowest BCUT2D eigenvalue weighted by atomic mass is 10.2. The molecule has 0 saturated carbocycles. The molecular formula is C10H18N4OS. The van der Waals surface area contributed by atoms with Crippen LogP contribution in [0.15, 0.2) is 0 Å². The Morgan fingerprint density at radius 1 is 1.62 bits per heavy atom. The van der Waals surface area contributed by atoms with E-state index in [-0.39, 0.29) is 11.7 Å². The molecule has 0 aromatic carbocycles. The predicted molar refractivity (Wildman–Crippen MR) is 65.6 cm³/mol. The summed E-state index contributed by atoms with van der Waals surface area (Å²) in [5.74, 6) is 2.26. The minimum Gasteiger partial charge on any atom is -0.349 e. The monoisotopic (exact) mass is 242 g/mol. The maximum Gasteiger partial charge on any atom is 0.290 e. The van der Waals surface area contributed by atoms with Crippen molar-refractivity contribution in [3.63, 3.8) is 0 Å². The molecule has 0 aliphatic rings. The number of thioether (sulfide) groups is 1. The lowest BCUT2D eigenvalue weighted by molar-refractivity contribution is 0.0939. The zero-order valence-corrected chi connectivity index (χ0v) is 10.7. The fourth-order valence-electron chi connectivity index (χ4n) is 1.24. The Morgan fingerprint density at radius 2 is 2.38 bits per heavy atom. The number of hydrogen-bond acceptors (Lipinski definition) is 4. The van der Waals surface area contributed by atoms with Crippen molar-refractivity contribution in [2.45, 2.75) is 20.3 Å². The summed E-state index contributed by atoms with van der Waals surface area (Å²) in [6.07, 6.45) is 2.81. The Balaban J connectivity index is 2.40. The van der Waals surface area contributed by atoms with Crippen LogP contribution >= 0.6 is 11.8 Å². The molecule has 0 saturated heterocycles. The van der Waals surface area contributed by atoms with E-state index in [1.807, 2.05) is 6.92 Å². The van der Waals surface area contributed by atoms with Gasteiger partial charge in [-0.1, -0.05) is 13.8 Å². The van der Waals surface area contributed by atoms with Crippen LogP contribution in [0.25, 0.3) is 0 Å². The van der Waals surface area contributed by atoms with Crippen LogP contribution in [0, 0.1) is 5.92 Å². The highest BCUT2D eigenvalue weighted by Crippen LogP contribution is 2.03. The molecule has 1 atom stereocenters. The first-order valence-electron chi connectivity index (χ1n) is 5.35. The van der Waals surface area contributed by atoms with Gasteiger partial charge in [0.15, 0.2) is 0 Å². The highest BCUT2D eigenvalue weighted by atomic mass is 32.2. The Bertz CT molecular complexity index is 339. The van der Waals surface area contributed by atoms with Crippen molar-refractivity contribution in [2.75, 3.05) is 18.6 Å². The average molecular weight is 242 g/mol. The van der Waals surface area contributed by atoms with Crippen molar-refractivity contribution in [2.24, 2.45) is 5.92 Å². The lowest BCUT2D eigenvalue weighted by Gasteiger charge is -2.09. The molecule has 5 nitrogen and oxygen atoms in total. The molecule has 0 radical (unpaired) electrons. The third-order valence-electron chi connectivity index (χ3n) is 2.13. The highest BCUT2D eigenvalue weighted by Gasteiger charge is 2.12. The summed E-state index contributed by atoms with van der Waals surface area (Å²) in [6.45, 7) is 4.73. The van der Waals surface area contributed by atoms with Crippen LogP contribution in [0.5, 0.6) is 0 Å². The molecule has 0 aliphatic carbocycles. The summed E-state index contributed by atoms with van der Waals surface area (Å²) < 4.78 is 0. The van der Waals surface area contributed by atoms with Gasteiger partial charge < -0.3 is 5.32 Å². The molecule has 1 rings (SSSR count). The molecule has 0 bridgehead atoms. The molecular weight excluding hydrogens is 224 g/mol. The topological polar surface area (TPSA) is 70.7 Å². The van der Waals surface area contributed by atoms with Gasteiger partial charge in [-0.3, -0.25) is 9.89 Å². The van der Waals surface area contributed by atoms with E-state index < -0.39 is 0 Å². The number of H-pyrrole nitrogens is 1. The van der Waals surface area contributed by atoms with Gasteiger partial charge in [0.25, 0.3) is 5.91 Å². The minimum absolute atomic E-state index is 0.205. The number of aromatic nitrogens is 3. The summed E-state index contributed by atoms with van der Waals surface area (Å²) in [4.78, 5) is 15.7. The van der Waals surface area contributed by atoms with Crippen molar-refractivity contribution >= 4 is 17.7 Å². The number of aryl methyl sites for hydroxylation is 1.